The van der Waals surface area contributed by atoms with Gasteiger partial charge in [0.2, 0.25) is 10.0 Å². The molecular weight excluding hydrogens is 410 g/mol. The van der Waals surface area contributed by atoms with Crippen molar-refractivity contribution in [1.29, 1.82) is 0 Å². The van der Waals surface area contributed by atoms with Crippen LogP contribution in [0, 0.1) is 17.0 Å². The van der Waals surface area contributed by atoms with Crippen molar-refractivity contribution in [3.8, 4) is 5.75 Å². The lowest BCUT2D eigenvalue weighted by Crippen LogP contribution is -2.47. The minimum absolute atomic E-state index is 0.0247. The number of aryl methyl sites for hydroxylation is 1. The number of benzene rings is 2. The summed E-state index contributed by atoms with van der Waals surface area (Å²) in [5.74, 6) is -0.385. The van der Waals surface area contributed by atoms with Gasteiger partial charge in [0.25, 0.3) is 5.91 Å². The van der Waals surface area contributed by atoms with Crippen LogP contribution in [0.4, 0.5) is 5.69 Å². The van der Waals surface area contributed by atoms with E-state index in [0.717, 1.165) is 5.56 Å². The zero-order valence-electron chi connectivity index (χ0n) is 16.5. The molecular formula is C20H23N3O6S. The quantitative estimate of drug-likeness (QED) is 0.528. The normalized spacial score (nSPS) is 15.5. The van der Waals surface area contributed by atoms with Crippen molar-refractivity contribution in [2.75, 3.05) is 19.7 Å². The van der Waals surface area contributed by atoms with E-state index >= 15 is 0 Å². The van der Waals surface area contributed by atoms with Crippen LogP contribution in [0.25, 0.3) is 0 Å². The second-order valence-corrected chi connectivity index (χ2v) is 9.01. The van der Waals surface area contributed by atoms with Crippen LogP contribution in [0.1, 0.15) is 18.4 Å². The second kappa shape index (κ2) is 9.23. The number of ether oxygens (including phenoxy) is 1. The highest BCUT2D eigenvalue weighted by Crippen LogP contribution is 2.26. The van der Waals surface area contributed by atoms with Gasteiger partial charge in [0.15, 0.2) is 12.4 Å². The first-order valence-electron chi connectivity index (χ1n) is 9.50. The lowest BCUT2D eigenvalue weighted by atomic mass is 10.1. The van der Waals surface area contributed by atoms with E-state index in [1.54, 1.807) is 30.3 Å². The van der Waals surface area contributed by atoms with Gasteiger partial charge in [-0.25, -0.2) is 8.42 Å². The molecule has 0 saturated carbocycles. The highest BCUT2D eigenvalue weighted by molar-refractivity contribution is 7.89. The Labute approximate surface area is 174 Å². The van der Waals surface area contributed by atoms with Crippen LogP contribution in [0.2, 0.25) is 0 Å². The van der Waals surface area contributed by atoms with Gasteiger partial charge in [-0.2, -0.15) is 4.31 Å². The molecule has 1 saturated heterocycles. The molecule has 0 spiro atoms. The average Bonchev–Trinajstić information content (AvgIpc) is 2.73. The molecule has 1 aliphatic rings. The van der Waals surface area contributed by atoms with Gasteiger partial charge in [-0.15, -0.1) is 0 Å². The van der Waals surface area contributed by atoms with Gasteiger partial charge in [0.05, 0.1) is 9.82 Å². The van der Waals surface area contributed by atoms with E-state index in [1.807, 2.05) is 6.92 Å². The Kier molecular flexibility index (Phi) is 6.68. The minimum Gasteiger partial charge on any atom is -0.477 e. The predicted molar refractivity (Wildman–Crippen MR) is 110 cm³/mol. The molecule has 10 heteroatoms. The van der Waals surface area contributed by atoms with Crippen LogP contribution in [0.5, 0.6) is 5.75 Å². The first-order valence-corrected chi connectivity index (χ1v) is 10.9. The summed E-state index contributed by atoms with van der Waals surface area (Å²) in [5.41, 5.74) is 0.776. The molecule has 1 N–H and O–H groups in total. The molecule has 2 aromatic carbocycles. The van der Waals surface area contributed by atoms with Crippen molar-refractivity contribution >= 4 is 21.6 Å². The zero-order chi connectivity index (χ0) is 21.7. The van der Waals surface area contributed by atoms with Crippen molar-refractivity contribution < 1.29 is 22.9 Å². The first kappa shape index (κ1) is 21.7. The van der Waals surface area contributed by atoms with Gasteiger partial charge >= 0.3 is 5.69 Å². The molecule has 30 heavy (non-hydrogen) atoms. The molecule has 3 rings (SSSR count). The molecule has 0 unspecified atom stereocenters. The molecule has 1 fully saturated rings. The molecule has 0 radical (unpaired) electrons. The second-order valence-electron chi connectivity index (χ2n) is 7.07. The number of amides is 1. The lowest BCUT2D eigenvalue weighted by Gasteiger charge is -2.31. The van der Waals surface area contributed by atoms with Crippen molar-refractivity contribution in [3.05, 3.63) is 64.2 Å². The van der Waals surface area contributed by atoms with Crippen LogP contribution >= 0.6 is 0 Å². The van der Waals surface area contributed by atoms with Gasteiger partial charge in [0.1, 0.15) is 0 Å². The number of piperidine rings is 1. The number of rotatable bonds is 7. The molecule has 0 bridgehead atoms. The molecule has 1 amide bonds. The molecule has 9 nitrogen and oxygen atoms in total. The maximum atomic E-state index is 12.7. The zero-order valence-corrected chi connectivity index (χ0v) is 17.3. The highest BCUT2D eigenvalue weighted by atomic mass is 32.2. The highest BCUT2D eigenvalue weighted by Gasteiger charge is 2.30. The third-order valence-electron chi connectivity index (χ3n) is 4.90. The van der Waals surface area contributed by atoms with E-state index in [2.05, 4.69) is 5.32 Å². The molecule has 160 valence electrons. The van der Waals surface area contributed by atoms with E-state index in [-0.39, 0.29) is 29.0 Å². The topological polar surface area (TPSA) is 119 Å². The third-order valence-corrected chi connectivity index (χ3v) is 6.81. The lowest BCUT2D eigenvalue weighted by molar-refractivity contribution is -0.385. The summed E-state index contributed by atoms with van der Waals surface area (Å²) in [7, 11) is -3.56. The number of nitrogens with zero attached hydrogens (tertiary/aromatic N) is 2. The number of nitrogens with one attached hydrogen (secondary N) is 1. The Morgan fingerprint density at radius 2 is 1.80 bits per heavy atom. The van der Waals surface area contributed by atoms with E-state index in [0.29, 0.717) is 25.9 Å². The number of carbonyl (C=O) groups excluding carboxylic acids is 1. The standard InChI is InChI=1S/C20H23N3O6S/c1-15-6-8-17(9-7-15)30(27,28)22-12-10-16(11-13-22)21-20(24)14-29-19-5-3-2-4-18(19)23(25)26/h2-9,16H,10-14H2,1H3,(H,21,24). The predicted octanol–water partition coefficient (Wildman–Crippen LogP) is 2.25. The summed E-state index contributed by atoms with van der Waals surface area (Å²) < 4.78 is 32.2. The Morgan fingerprint density at radius 1 is 1.17 bits per heavy atom. The van der Waals surface area contributed by atoms with E-state index in [4.69, 9.17) is 4.74 Å². The Bertz CT molecular complexity index is 1020. The van der Waals surface area contributed by atoms with Gasteiger partial charge in [-0.1, -0.05) is 29.8 Å². The SMILES string of the molecule is Cc1ccc(S(=O)(=O)N2CCC(NC(=O)COc3ccccc3[N+](=O)[O-])CC2)cc1. The molecule has 2 aromatic rings. The van der Waals surface area contributed by atoms with Crippen LogP contribution in [-0.2, 0) is 14.8 Å². The Hall–Kier alpha value is -2.98. The molecule has 0 aromatic heterocycles. The summed E-state index contributed by atoms with van der Waals surface area (Å²) in [4.78, 5) is 22.8. The van der Waals surface area contributed by atoms with Gasteiger partial charge < -0.3 is 10.1 Å². The Morgan fingerprint density at radius 3 is 2.43 bits per heavy atom. The van der Waals surface area contributed by atoms with Crippen molar-refractivity contribution in [2.24, 2.45) is 0 Å². The number of carbonyl (C=O) groups is 1. The fourth-order valence-electron chi connectivity index (χ4n) is 3.24. The Balaban J connectivity index is 1.50. The van der Waals surface area contributed by atoms with Crippen molar-refractivity contribution in [2.45, 2.75) is 30.7 Å². The molecule has 0 atom stereocenters. The fourth-order valence-corrected chi connectivity index (χ4v) is 4.71. The average molecular weight is 433 g/mol. The van der Waals surface area contributed by atoms with Gasteiger partial charge in [-0.05, 0) is 38.0 Å². The number of hydrogen-bond acceptors (Lipinski definition) is 6. The third kappa shape index (κ3) is 5.14. The van der Waals surface area contributed by atoms with Gasteiger partial charge in [0, 0.05) is 25.2 Å². The molecule has 1 aliphatic heterocycles. The van der Waals surface area contributed by atoms with Crippen LogP contribution < -0.4 is 10.1 Å². The van der Waals surface area contributed by atoms with Crippen LogP contribution in [0.15, 0.2) is 53.4 Å². The van der Waals surface area contributed by atoms with Crippen molar-refractivity contribution in [1.82, 2.24) is 9.62 Å². The maximum Gasteiger partial charge on any atom is 0.310 e. The number of nitro benzene ring substituents is 1. The molecule has 0 aliphatic carbocycles. The van der Waals surface area contributed by atoms with Gasteiger partial charge in [-0.3, -0.25) is 14.9 Å². The van der Waals surface area contributed by atoms with Crippen LogP contribution in [0.3, 0.4) is 0 Å². The van der Waals surface area contributed by atoms with E-state index in [1.165, 1.54) is 22.5 Å². The largest absolute Gasteiger partial charge is 0.477 e. The summed E-state index contributed by atoms with van der Waals surface area (Å²) in [6.07, 6.45) is 0.949. The van der Waals surface area contributed by atoms with Crippen LogP contribution in [-0.4, -0.2) is 49.3 Å². The summed E-state index contributed by atoms with van der Waals surface area (Å²) >= 11 is 0. The van der Waals surface area contributed by atoms with Crippen molar-refractivity contribution in [3.63, 3.8) is 0 Å². The first-order chi connectivity index (χ1) is 14.3. The smallest absolute Gasteiger partial charge is 0.310 e. The van der Waals surface area contributed by atoms with E-state index < -0.39 is 20.9 Å². The fraction of sp³-hybridized carbons (Fsp3) is 0.350. The summed E-state index contributed by atoms with van der Waals surface area (Å²) in [6, 6.07) is 12.4. The number of para-hydroxylation sites is 2. The number of sulfonamides is 1. The number of hydrogen-bond donors (Lipinski definition) is 1. The maximum absolute atomic E-state index is 12.7. The summed E-state index contributed by atoms with van der Waals surface area (Å²) in [6.45, 7) is 2.13. The number of nitro groups is 1. The minimum atomic E-state index is -3.56. The monoisotopic (exact) mass is 433 g/mol. The summed E-state index contributed by atoms with van der Waals surface area (Å²) in [5, 5.41) is 13.8. The van der Waals surface area contributed by atoms with E-state index in [9.17, 15) is 23.3 Å². The molecule has 1 heterocycles.